The fourth-order valence-corrected chi connectivity index (χ4v) is 1.28. The molecule has 112 valence electrons. The first-order valence-electron chi connectivity index (χ1n) is 6.64. The molecule has 6 heteroatoms. The number of nitrogens with one attached hydrogen (secondary N) is 1. The maximum Gasteiger partial charge on any atom is 0.332 e. The quantitative estimate of drug-likeness (QED) is 0.457. The van der Waals surface area contributed by atoms with Gasteiger partial charge in [0.2, 0.25) is 5.91 Å². The van der Waals surface area contributed by atoms with Gasteiger partial charge in [-0.3, -0.25) is 9.69 Å². The summed E-state index contributed by atoms with van der Waals surface area (Å²) in [5.41, 5.74) is 0. The molecule has 0 aromatic carbocycles. The Balaban J connectivity index is 3.55. The van der Waals surface area contributed by atoms with Crippen molar-refractivity contribution in [1.29, 1.82) is 0 Å². The molecule has 0 rings (SSSR count). The number of hydrogen-bond donors (Lipinski definition) is 1. The molecule has 0 aromatic rings. The summed E-state index contributed by atoms with van der Waals surface area (Å²) in [7, 11) is 1.84. The highest BCUT2D eigenvalue weighted by molar-refractivity contribution is 5.77. The first-order chi connectivity index (χ1) is 8.95. The maximum atomic E-state index is 11.5. The normalized spacial score (nSPS) is 10.8. The van der Waals surface area contributed by atoms with Crippen LogP contribution in [0.15, 0.2) is 0 Å². The summed E-state index contributed by atoms with van der Waals surface area (Å²) in [6.45, 7) is 8.17. The van der Waals surface area contributed by atoms with Gasteiger partial charge in [-0.15, -0.1) is 0 Å². The van der Waals surface area contributed by atoms with Gasteiger partial charge in [-0.2, -0.15) is 0 Å². The van der Waals surface area contributed by atoms with E-state index in [1.165, 1.54) is 0 Å². The average Bonchev–Trinajstić information content (AvgIpc) is 2.32. The molecule has 1 N–H and O–H groups in total. The third kappa shape index (κ3) is 11.7. The first kappa shape index (κ1) is 17.9. The molecule has 0 aliphatic carbocycles. The monoisotopic (exact) mass is 274 g/mol. The van der Waals surface area contributed by atoms with Crippen LogP contribution in [0.5, 0.6) is 0 Å². The van der Waals surface area contributed by atoms with Crippen molar-refractivity contribution >= 4 is 11.9 Å². The minimum Gasteiger partial charge on any atom is -0.464 e. The van der Waals surface area contributed by atoms with Crippen LogP contribution in [-0.4, -0.2) is 63.3 Å². The van der Waals surface area contributed by atoms with E-state index in [4.69, 9.17) is 9.47 Å². The Morgan fingerprint density at radius 3 is 2.58 bits per heavy atom. The molecular weight excluding hydrogens is 248 g/mol. The number of carbonyl (C=O) groups excluding carboxylic acids is 2. The van der Waals surface area contributed by atoms with Gasteiger partial charge in [0, 0.05) is 13.1 Å². The predicted molar refractivity (Wildman–Crippen MR) is 72.8 cm³/mol. The lowest BCUT2D eigenvalue weighted by atomic mass is 10.2. The summed E-state index contributed by atoms with van der Waals surface area (Å²) in [4.78, 5) is 24.4. The largest absolute Gasteiger partial charge is 0.464 e. The van der Waals surface area contributed by atoms with Crippen molar-refractivity contribution in [1.82, 2.24) is 10.2 Å². The Hall–Kier alpha value is -1.14. The van der Waals surface area contributed by atoms with E-state index >= 15 is 0 Å². The van der Waals surface area contributed by atoms with Gasteiger partial charge >= 0.3 is 5.97 Å². The highest BCUT2D eigenvalue weighted by atomic mass is 16.6. The molecule has 0 aliphatic rings. The Morgan fingerprint density at radius 1 is 1.32 bits per heavy atom. The number of amides is 1. The first-order valence-corrected chi connectivity index (χ1v) is 6.64. The minimum absolute atomic E-state index is 0.00147. The number of ether oxygens (including phenoxy) is 2. The molecule has 0 fully saturated rings. The predicted octanol–water partition coefficient (Wildman–Crippen LogP) is 0.270. The van der Waals surface area contributed by atoms with Crippen LogP contribution in [0, 0.1) is 5.92 Å². The molecule has 0 saturated carbocycles. The van der Waals surface area contributed by atoms with E-state index in [2.05, 4.69) is 5.32 Å². The third-order valence-corrected chi connectivity index (χ3v) is 2.26. The van der Waals surface area contributed by atoms with Crippen molar-refractivity contribution in [2.24, 2.45) is 5.92 Å². The summed E-state index contributed by atoms with van der Waals surface area (Å²) in [5.74, 6) is 0.0867. The van der Waals surface area contributed by atoms with E-state index in [1.54, 1.807) is 6.92 Å². The van der Waals surface area contributed by atoms with Crippen molar-refractivity contribution < 1.29 is 19.1 Å². The van der Waals surface area contributed by atoms with Crippen LogP contribution in [0.4, 0.5) is 0 Å². The standard InChI is InChI=1S/C13H26N2O4/c1-5-19-13(17)10-18-7-6-15(4)9-12(16)14-8-11(2)3/h11H,5-10H2,1-4H3,(H,14,16). The molecule has 0 spiro atoms. The lowest BCUT2D eigenvalue weighted by Crippen LogP contribution is -2.38. The van der Waals surface area contributed by atoms with Crippen LogP contribution in [0.3, 0.4) is 0 Å². The zero-order chi connectivity index (χ0) is 14.7. The molecule has 0 saturated heterocycles. The van der Waals surface area contributed by atoms with E-state index < -0.39 is 0 Å². The topological polar surface area (TPSA) is 67.9 Å². The number of hydrogen-bond acceptors (Lipinski definition) is 5. The molecule has 0 atom stereocenters. The fraction of sp³-hybridized carbons (Fsp3) is 0.846. The van der Waals surface area contributed by atoms with Crippen LogP contribution in [0.25, 0.3) is 0 Å². The van der Waals surface area contributed by atoms with E-state index in [-0.39, 0.29) is 18.5 Å². The third-order valence-electron chi connectivity index (χ3n) is 2.26. The minimum atomic E-state index is -0.361. The lowest BCUT2D eigenvalue weighted by Gasteiger charge is -2.16. The summed E-state index contributed by atoms with van der Waals surface area (Å²) >= 11 is 0. The molecule has 0 aromatic heterocycles. The number of esters is 1. The summed E-state index contributed by atoms with van der Waals surface area (Å²) in [5, 5.41) is 2.84. The van der Waals surface area contributed by atoms with E-state index in [0.717, 1.165) is 0 Å². The zero-order valence-corrected chi connectivity index (χ0v) is 12.4. The van der Waals surface area contributed by atoms with Gasteiger partial charge in [-0.25, -0.2) is 4.79 Å². The molecule has 0 unspecified atom stereocenters. The Kier molecular flexibility index (Phi) is 10.1. The van der Waals surface area contributed by atoms with E-state index in [9.17, 15) is 9.59 Å². The summed E-state index contributed by atoms with van der Waals surface area (Å²) in [6.07, 6.45) is 0. The van der Waals surface area contributed by atoms with Gasteiger partial charge in [0.1, 0.15) is 6.61 Å². The molecule has 0 aliphatic heterocycles. The second-order valence-corrected chi connectivity index (χ2v) is 4.79. The van der Waals surface area contributed by atoms with E-state index in [0.29, 0.717) is 38.8 Å². The van der Waals surface area contributed by atoms with Crippen LogP contribution in [0.2, 0.25) is 0 Å². The van der Waals surface area contributed by atoms with Crippen molar-refractivity contribution in [3.8, 4) is 0 Å². The molecule has 0 heterocycles. The van der Waals surface area contributed by atoms with Crippen molar-refractivity contribution in [2.45, 2.75) is 20.8 Å². The number of carbonyl (C=O) groups is 2. The zero-order valence-electron chi connectivity index (χ0n) is 12.4. The maximum absolute atomic E-state index is 11.5. The number of nitrogens with zero attached hydrogens (tertiary/aromatic N) is 1. The second kappa shape index (κ2) is 10.8. The SMILES string of the molecule is CCOC(=O)COCCN(C)CC(=O)NCC(C)C. The molecule has 0 radical (unpaired) electrons. The summed E-state index contributed by atoms with van der Waals surface area (Å²) in [6, 6.07) is 0. The molecule has 1 amide bonds. The molecule has 0 bridgehead atoms. The fourth-order valence-electron chi connectivity index (χ4n) is 1.28. The highest BCUT2D eigenvalue weighted by Gasteiger charge is 2.07. The van der Waals surface area contributed by atoms with Crippen molar-refractivity contribution in [2.75, 3.05) is 46.5 Å². The average molecular weight is 274 g/mol. The van der Waals surface area contributed by atoms with Gasteiger partial charge in [0.05, 0.1) is 19.8 Å². The number of likely N-dealkylation sites (N-methyl/N-ethyl adjacent to an activating group) is 1. The van der Waals surface area contributed by atoms with Gasteiger partial charge in [-0.1, -0.05) is 13.8 Å². The Morgan fingerprint density at radius 2 is 2.00 bits per heavy atom. The Labute approximate surface area is 115 Å². The van der Waals surface area contributed by atoms with Crippen LogP contribution in [-0.2, 0) is 19.1 Å². The number of rotatable bonds is 10. The van der Waals surface area contributed by atoms with Crippen LogP contribution >= 0.6 is 0 Å². The smallest absolute Gasteiger partial charge is 0.332 e. The van der Waals surface area contributed by atoms with Crippen LogP contribution < -0.4 is 5.32 Å². The highest BCUT2D eigenvalue weighted by Crippen LogP contribution is 1.89. The molecular formula is C13H26N2O4. The molecule has 19 heavy (non-hydrogen) atoms. The summed E-state index contributed by atoms with van der Waals surface area (Å²) < 4.78 is 9.88. The lowest BCUT2D eigenvalue weighted by molar-refractivity contribution is -0.148. The van der Waals surface area contributed by atoms with Crippen molar-refractivity contribution in [3.63, 3.8) is 0 Å². The molecule has 6 nitrogen and oxygen atoms in total. The van der Waals surface area contributed by atoms with Gasteiger partial charge < -0.3 is 14.8 Å². The van der Waals surface area contributed by atoms with Crippen LogP contribution in [0.1, 0.15) is 20.8 Å². The second-order valence-electron chi connectivity index (χ2n) is 4.79. The Bertz CT molecular complexity index is 269. The van der Waals surface area contributed by atoms with Gasteiger partial charge in [0.15, 0.2) is 0 Å². The van der Waals surface area contributed by atoms with Gasteiger partial charge in [-0.05, 0) is 19.9 Å². The van der Waals surface area contributed by atoms with Crippen molar-refractivity contribution in [3.05, 3.63) is 0 Å². The van der Waals surface area contributed by atoms with Gasteiger partial charge in [0.25, 0.3) is 0 Å². The van der Waals surface area contributed by atoms with E-state index in [1.807, 2.05) is 25.8 Å².